The third-order valence-electron chi connectivity index (χ3n) is 2.46. The van der Waals surface area contributed by atoms with E-state index >= 15 is 0 Å². The Morgan fingerprint density at radius 2 is 2.00 bits per heavy atom. The van der Waals surface area contributed by atoms with Gasteiger partial charge in [-0.15, -0.1) is 0 Å². The molecule has 1 unspecified atom stereocenters. The van der Waals surface area contributed by atoms with Crippen LogP contribution in [0.25, 0.3) is 0 Å². The molecular formula is C11H15BrF2N2O2S. The number of halogens is 3. The molecule has 0 fully saturated rings. The summed E-state index contributed by atoms with van der Waals surface area (Å²) in [6.07, 6.45) is 0. The summed E-state index contributed by atoms with van der Waals surface area (Å²) in [7, 11) is -3.75. The molecule has 0 bridgehead atoms. The van der Waals surface area contributed by atoms with E-state index in [0.29, 0.717) is 12.6 Å². The largest absolute Gasteiger partial charge is 0.316 e. The first-order chi connectivity index (χ1) is 8.77. The van der Waals surface area contributed by atoms with Gasteiger partial charge in [-0.3, -0.25) is 4.72 Å². The molecule has 1 atom stereocenters. The maximum absolute atomic E-state index is 13.5. The molecular weight excluding hydrogens is 342 g/mol. The number of sulfonamides is 1. The molecule has 0 radical (unpaired) electrons. The first-order valence-corrected chi connectivity index (χ1v) is 7.98. The van der Waals surface area contributed by atoms with Gasteiger partial charge in [-0.05, 0) is 35.5 Å². The van der Waals surface area contributed by atoms with Gasteiger partial charge < -0.3 is 5.32 Å². The maximum Gasteiger partial charge on any atom is 0.236 e. The Hall–Kier alpha value is -0.730. The number of hydrogen-bond donors (Lipinski definition) is 2. The summed E-state index contributed by atoms with van der Waals surface area (Å²) in [6.45, 7) is 4.23. The van der Waals surface area contributed by atoms with E-state index in [2.05, 4.69) is 26.0 Å². The van der Waals surface area contributed by atoms with E-state index in [4.69, 9.17) is 0 Å². The lowest BCUT2D eigenvalue weighted by Crippen LogP contribution is -2.35. The summed E-state index contributed by atoms with van der Waals surface area (Å²) < 4.78 is 52.5. The van der Waals surface area contributed by atoms with Crippen molar-refractivity contribution in [3.8, 4) is 0 Å². The van der Waals surface area contributed by atoms with Crippen molar-refractivity contribution in [1.82, 2.24) is 5.32 Å². The number of anilines is 1. The molecule has 0 saturated heterocycles. The molecule has 0 aliphatic heterocycles. The zero-order valence-electron chi connectivity index (χ0n) is 10.5. The van der Waals surface area contributed by atoms with Crippen molar-refractivity contribution in [2.24, 2.45) is 0 Å². The van der Waals surface area contributed by atoms with Gasteiger partial charge in [-0.25, -0.2) is 17.2 Å². The van der Waals surface area contributed by atoms with Gasteiger partial charge >= 0.3 is 0 Å². The van der Waals surface area contributed by atoms with Crippen LogP contribution in [-0.4, -0.2) is 26.8 Å². The second kappa shape index (κ2) is 6.62. The number of nitrogens with one attached hydrogen (secondary N) is 2. The van der Waals surface area contributed by atoms with Crippen LogP contribution in [0.15, 0.2) is 16.6 Å². The van der Waals surface area contributed by atoms with Gasteiger partial charge in [0.2, 0.25) is 10.0 Å². The standard InChI is InChI=1S/C11H15BrF2N2O2S/c1-3-15-6-7(2)19(17,18)16-11-9(12)4-8(13)5-10(11)14/h4-5,7,15-16H,3,6H2,1-2H3. The quantitative estimate of drug-likeness (QED) is 0.823. The highest BCUT2D eigenvalue weighted by Crippen LogP contribution is 2.28. The highest BCUT2D eigenvalue weighted by Gasteiger charge is 2.23. The van der Waals surface area contributed by atoms with Crippen LogP contribution in [-0.2, 0) is 10.0 Å². The predicted octanol–water partition coefficient (Wildman–Crippen LogP) is 2.47. The summed E-state index contributed by atoms with van der Waals surface area (Å²) >= 11 is 2.93. The number of rotatable bonds is 6. The lowest BCUT2D eigenvalue weighted by Gasteiger charge is -2.16. The molecule has 1 rings (SSSR count). The van der Waals surface area contributed by atoms with Crippen LogP contribution in [0.5, 0.6) is 0 Å². The van der Waals surface area contributed by atoms with E-state index in [1.165, 1.54) is 6.92 Å². The van der Waals surface area contributed by atoms with Gasteiger partial charge in [0.25, 0.3) is 0 Å². The fourth-order valence-corrected chi connectivity index (χ4v) is 3.01. The van der Waals surface area contributed by atoms with Crippen molar-refractivity contribution in [1.29, 1.82) is 0 Å². The van der Waals surface area contributed by atoms with Crippen LogP contribution in [0.1, 0.15) is 13.8 Å². The Balaban J connectivity index is 2.96. The van der Waals surface area contributed by atoms with E-state index in [1.54, 1.807) is 0 Å². The molecule has 4 nitrogen and oxygen atoms in total. The normalized spacial score (nSPS) is 13.3. The highest BCUT2D eigenvalue weighted by atomic mass is 79.9. The van der Waals surface area contributed by atoms with E-state index in [1.807, 2.05) is 6.92 Å². The third kappa shape index (κ3) is 4.39. The molecule has 0 amide bonds. The lowest BCUT2D eigenvalue weighted by atomic mass is 10.3. The first-order valence-electron chi connectivity index (χ1n) is 5.64. The van der Waals surface area contributed by atoms with Gasteiger partial charge in [-0.2, -0.15) is 0 Å². The predicted molar refractivity (Wildman–Crippen MR) is 74.6 cm³/mol. The fourth-order valence-electron chi connectivity index (χ4n) is 1.34. The third-order valence-corrected chi connectivity index (χ3v) is 4.80. The molecule has 108 valence electrons. The molecule has 8 heteroatoms. The fraction of sp³-hybridized carbons (Fsp3) is 0.455. The Labute approximate surface area is 119 Å². The summed E-state index contributed by atoms with van der Waals surface area (Å²) in [5, 5.41) is 2.15. The minimum Gasteiger partial charge on any atom is -0.316 e. The summed E-state index contributed by atoms with van der Waals surface area (Å²) in [6, 6.07) is 1.62. The van der Waals surface area contributed by atoms with Crippen molar-refractivity contribution < 1.29 is 17.2 Å². The Kier molecular flexibility index (Phi) is 5.69. The van der Waals surface area contributed by atoms with Crippen LogP contribution in [0.2, 0.25) is 0 Å². The lowest BCUT2D eigenvalue weighted by molar-refractivity contribution is 0.573. The van der Waals surface area contributed by atoms with E-state index in [9.17, 15) is 17.2 Å². The van der Waals surface area contributed by atoms with Gasteiger partial charge in [0, 0.05) is 17.1 Å². The second-order valence-electron chi connectivity index (χ2n) is 4.01. The van der Waals surface area contributed by atoms with E-state index in [0.717, 1.165) is 6.07 Å². The average Bonchev–Trinajstić information content (AvgIpc) is 2.30. The van der Waals surface area contributed by atoms with Crippen LogP contribution in [0.3, 0.4) is 0 Å². The zero-order chi connectivity index (χ0) is 14.6. The summed E-state index contributed by atoms with van der Waals surface area (Å²) in [5.74, 6) is -1.75. The van der Waals surface area contributed by atoms with Crippen LogP contribution in [0, 0.1) is 11.6 Å². The van der Waals surface area contributed by atoms with Crippen molar-refractivity contribution in [2.45, 2.75) is 19.1 Å². The molecule has 1 aromatic carbocycles. The molecule has 0 spiro atoms. The monoisotopic (exact) mass is 356 g/mol. The Bertz CT molecular complexity index is 529. The van der Waals surface area contributed by atoms with Crippen molar-refractivity contribution in [3.63, 3.8) is 0 Å². The molecule has 19 heavy (non-hydrogen) atoms. The van der Waals surface area contributed by atoms with Crippen LogP contribution in [0.4, 0.5) is 14.5 Å². The minimum absolute atomic E-state index is 0.0178. The molecule has 2 N–H and O–H groups in total. The molecule has 0 saturated carbocycles. The van der Waals surface area contributed by atoms with Gasteiger partial charge in [0.05, 0.1) is 10.9 Å². The molecule has 0 heterocycles. The van der Waals surface area contributed by atoms with Gasteiger partial charge in [-0.1, -0.05) is 6.92 Å². The van der Waals surface area contributed by atoms with Crippen molar-refractivity contribution >= 4 is 31.6 Å². The second-order valence-corrected chi connectivity index (χ2v) is 6.96. The summed E-state index contributed by atoms with van der Waals surface area (Å²) in [4.78, 5) is 0. The summed E-state index contributed by atoms with van der Waals surface area (Å²) in [5.41, 5.74) is -0.287. The van der Waals surface area contributed by atoms with E-state index in [-0.39, 0.29) is 16.7 Å². The van der Waals surface area contributed by atoms with Crippen LogP contribution < -0.4 is 10.0 Å². The van der Waals surface area contributed by atoms with Crippen LogP contribution >= 0.6 is 15.9 Å². The number of hydrogen-bond acceptors (Lipinski definition) is 3. The Morgan fingerprint density at radius 3 is 2.53 bits per heavy atom. The highest BCUT2D eigenvalue weighted by molar-refractivity contribution is 9.10. The molecule has 0 aliphatic rings. The van der Waals surface area contributed by atoms with Gasteiger partial charge in [0.1, 0.15) is 5.82 Å². The molecule has 0 aromatic heterocycles. The minimum atomic E-state index is -3.75. The van der Waals surface area contributed by atoms with Gasteiger partial charge in [0.15, 0.2) is 5.82 Å². The topological polar surface area (TPSA) is 58.2 Å². The van der Waals surface area contributed by atoms with Crippen molar-refractivity contribution in [3.05, 3.63) is 28.2 Å². The zero-order valence-corrected chi connectivity index (χ0v) is 12.9. The average molecular weight is 357 g/mol. The molecule has 1 aromatic rings. The van der Waals surface area contributed by atoms with E-state index < -0.39 is 26.9 Å². The Morgan fingerprint density at radius 1 is 1.37 bits per heavy atom. The molecule has 0 aliphatic carbocycles. The first kappa shape index (κ1) is 16.3. The maximum atomic E-state index is 13.5. The smallest absolute Gasteiger partial charge is 0.236 e. The SMILES string of the molecule is CCNCC(C)S(=O)(=O)Nc1c(F)cc(F)cc1Br. The van der Waals surface area contributed by atoms with Crippen molar-refractivity contribution in [2.75, 3.05) is 17.8 Å². The number of benzene rings is 1.